The van der Waals surface area contributed by atoms with Gasteiger partial charge in [0, 0.05) is 26.1 Å². The minimum Gasteiger partial charge on any atom is -0.493 e. The molecule has 0 bridgehead atoms. The molecule has 0 radical (unpaired) electrons. The van der Waals surface area contributed by atoms with E-state index in [2.05, 4.69) is 15.6 Å². The SMILES string of the molecule is CC(CNC(=NCC(=O)N(C)C)NC1CCOc2ccccc21)Oc1ccc(F)cc1. The molecule has 7 nitrogen and oxygen atoms in total. The molecule has 0 spiro atoms. The molecule has 31 heavy (non-hydrogen) atoms. The number of amides is 1. The van der Waals surface area contributed by atoms with Gasteiger partial charge in [0.25, 0.3) is 0 Å². The molecule has 2 atom stereocenters. The molecular formula is C23H29FN4O3. The average Bonchev–Trinajstić information content (AvgIpc) is 2.77. The van der Waals surface area contributed by atoms with E-state index in [1.165, 1.54) is 17.0 Å². The summed E-state index contributed by atoms with van der Waals surface area (Å²) in [6.07, 6.45) is 0.574. The van der Waals surface area contributed by atoms with E-state index in [1.54, 1.807) is 26.2 Å². The molecule has 1 aliphatic rings. The first kappa shape index (κ1) is 22.4. The molecule has 166 valence electrons. The Morgan fingerprint density at radius 3 is 2.74 bits per heavy atom. The summed E-state index contributed by atoms with van der Waals surface area (Å²) in [6, 6.07) is 13.8. The molecule has 0 saturated heterocycles. The third-order valence-electron chi connectivity index (χ3n) is 4.85. The zero-order chi connectivity index (χ0) is 22.2. The second-order valence-electron chi connectivity index (χ2n) is 7.59. The van der Waals surface area contributed by atoms with Crippen LogP contribution in [0.15, 0.2) is 53.5 Å². The molecule has 1 aliphatic heterocycles. The van der Waals surface area contributed by atoms with Crippen molar-refractivity contribution in [3.63, 3.8) is 0 Å². The van der Waals surface area contributed by atoms with Crippen LogP contribution in [0.5, 0.6) is 11.5 Å². The van der Waals surface area contributed by atoms with Crippen molar-refractivity contribution in [2.45, 2.75) is 25.5 Å². The van der Waals surface area contributed by atoms with Gasteiger partial charge in [-0.25, -0.2) is 9.38 Å². The lowest BCUT2D eigenvalue weighted by atomic mass is 10.0. The normalized spacial score (nSPS) is 16.5. The fourth-order valence-corrected chi connectivity index (χ4v) is 3.13. The van der Waals surface area contributed by atoms with E-state index in [0.29, 0.717) is 24.9 Å². The quantitative estimate of drug-likeness (QED) is 0.524. The summed E-state index contributed by atoms with van der Waals surface area (Å²) in [6.45, 7) is 2.98. The van der Waals surface area contributed by atoms with E-state index >= 15 is 0 Å². The van der Waals surface area contributed by atoms with Gasteiger partial charge in [-0.3, -0.25) is 4.79 Å². The number of fused-ring (bicyclic) bond motifs is 1. The van der Waals surface area contributed by atoms with Crippen molar-refractivity contribution in [3.8, 4) is 11.5 Å². The monoisotopic (exact) mass is 428 g/mol. The first-order chi connectivity index (χ1) is 14.9. The average molecular weight is 429 g/mol. The highest BCUT2D eigenvalue weighted by Gasteiger charge is 2.22. The number of para-hydroxylation sites is 1. The van der Waals surface area contributed by atoms with Crippen LogP contribution in [0.2, 0.25) is 0 Å². The van der Waals surface area contributed by atoms with Crippen molar-refractivity contribution in [2.75, 3.05) is 33.8 Å². The number of ether oxygens (including phenoxy) is 2. The third kappa shape index (κ3) is 6.60. The highest BCUT2D eigenvalue weighted by molar-refractivity contribution is 5.85. The van der Waals surface area contributed by atoms with Crippen molar-refractivity contribution < 1.29 is 18.7 Å². The number of halogens is 1. The lowest BCUT2D eigenvalue weighted by Crippen LogP contribution is -2.44. The standard InChI is InChI=1S/C23H29FN4O3/c1-16(31-18-10-8-17(24)9-11-18)14-25-23(26-15-22(29)28(2)3)27-20-12-13-30-21-7-5-4-6-19(20)21/h4-11,16,20H,12-15H2,1-3H3,(H2,25,26,27). The molecule has 2 N–H and O–H groups in total. The summed E-state index contributed by atoms with van der Waals surface area (Å²) in [5, 5.41) is 6.67. The number of nitrogens with zero attached hydrogens (tertiary/aromatic N) is 2. The fourth-order valence-electron chi connectivity index (χ4n) is 3.13. The second-order valence-corrected chi connectivity index (χ2v) is 7.59. The number of rotatable bonds is 7. The van der Waals surface area contributed by atoms with Crippen molar-refractivity contribution in [1.82, 2.24) is 15.5 Å². The van der Waals surface area contributed by atoms with Gasteiger partial charge < -0.3 is 25.0 Å². The topological polar surface area (TPSA) is 75.2 Å². The van der Waals surface area contributed by atoms with Crippen LogP contribution >= 0.6 is 0 Å². The fraction of sp³-hybridized carbons (Fsp3) is 0.391. The second kappa shape index (κ2) is 10.7. The summed E-state index contributed by atoms with van der Waals surface area (Å²) in [7, 11) is 3.40. The van der Waals surface area contributed by atoms with Crippen molar-refractivity contribution in [1.29, 1.82) is 0 Å². The smallest absolute Gasteiger partial charge is 0.243 e. The lowest BCUT2D eigenvalue weighted by molar-refractivity contribution is -0.127. The van der Waals surface area contributed by atoms with E-state index in [-0.39, 0.29) is 30.4 Å². The van der Waals surface area contributed by atoms with Crippen LogP contribution in [0.4, 0.5) is 4.39 Å². The van der Waals surface area contributed by atoms with Crippen molar-refractivity contribution >= 4 is 11.9 Å². The van der Waals surface area contributed by atoms with Crippen molar-refractivity contribution in [3.05, 3.63) is 59.9 Å². The largest absolute Gasteiger partial charge is 0.493 e. The number of aliphatic imine (C=N–C) groups is 1. The van der Waals surface area contributed by atoms with Crippen LogP contribution in [0.25, 0.3) is 0 Å². The summed E-state index contributed by atoms with van der Waals surface area (Å²) >= 11 is 0. The van der Waals surface area contributed by atoms with Gasteiger partial charge in [0.2, 0.25) is 5.91 Å². The predicted molar refractivity (Wildman–Crippen MR) is 118 cm³/mol. The lowest BCUT2D eigenvalue weighted by Gasteiger charge is -2.28. The maximum atomic E-state index is 13.1. The number of nitrogens with one attached hydrogen (secondary N) is 2. The van der Waals surface area contributed by atoms with Crippen LogP contribution in [0.3, 0.4) is 0 Å². The minimum atomic E-state index is -0.306. The van der Waals surface area contributed by atoms with E-state index in [1.807, 2.05) is 31.2 Å². The molecular weight excluding hydrogens is 399 g/mol. The molecule has 0 fully saturated rings. The first-order valence-electron chi connectivity index (χ1n) is 10.3. The number of likely N-dealkylation sites (N-methyl/N-ethyl adjacent to an activating group) is 1. The molecule has 2 aromatic rings. The zero-order valence-corrected chi connectivity index (χ0v) is 18.1. The summed E-state index contributed by atoms with van der Waals surface area (Å²) in [5.41, 5.74) is 1.05. The Kier molecular flexibility index (Phi) is 7.70. The Labute approximate surface area is 182 Å². The van der Waals surface area contributed by atoms with E-state index < -0.39 is 0 Å². The third-order valence-corrected chi connectivity index (χ3v) is 4.85. The molecule has 1 amide bonds. The number of guanidine groups is 1. The Balaban J connectivity index is 1.66. The Hall–Kier alpha value is -3.29. The van der Waals surface area contributed by atoms with E-state index in [9.17, 15) is 9.18 Å². The zero-order valence-electron chi connectivity index (χ0n) is 18.1. The maximum absolute atomic E-state index is 13.1. The number of carbonyl (C=O) groups is 1. The van der Waals surface area contributed by atoms with Crippen LogP contribution < -0.4 is 20.1 Å². The highest BCUT2D eigenvalue weighted by Crippen LogP contribution is 2.31. The number of hydrogen-bond donors (Lipinski definition) is 2. The molecule has 1 heterocycles. The van der Waals surface area contributed by atoms with Gasteiger partial charge in [-0.05, 0) is 37.3 Å². The molecule has 0 saturated carbocycles. The van der Waals surface area contributed by atoms with Gasteiger partial charge in [-0.15, -0.1) is 0 Å². The minimum absolute atomic E-state index is 0.0129. The first-order valence-corrected chi connectivity index (χ1v) is 10.3. The maximum Gasteiger partial charge on any atom is 0.243 e. The van der Waals surface area contributed by atoms with Crippen LogP contribution in [0.1, 0.15) is 24.9 Å². The summed E-state index contributed by atoms with van der Waals surface area (Å²) in [4.78, 5) is 18.0. The molecule has 3 rings (SSSR count). The van der Waals surface area contributed by atoms with Crippen LogP contribution in [-0.2, 0) is 4.79 Å². The van der Waals surface area contributed by atoms with E-state index in [4.69, 9.17) is 9.47 Å². The Bertz CT molecular complexity index is 902. The number of carbonyl (C=O) groups excluding carboxylic acids is 1. The molecule has 0 aromatic heterocycles. The number of hydrogen-bond acceptors (Lipinski definition) is 4. The van der Waals surface area contributed by atoms with Gasteiger partial charge >= 0.3 is 0 Å². The van der Waals surface area contributed by atoms with Gasteiger partial charge in [-0.1, -0.05) is 18.2 Å². The van der Waals surface area contributed by atoms with Crippen molar-refractivity contribution in [2.24, 2.45) is 4.99 Å². The molecule has 8 heteroatoms. The number of benzene rings is 2. The van der Waals surface area contributed by atoms with Gasteiger partial charge in [0.05, 0.1) is 19.2 Å². The summed E-state index contributed by atoms with van der Waals surface area (Å²) in [5.74, 6) is 1.56. The van der Waals surface area contributed by atoms with Gasteiger partial charge in [0.1, 0.15) is 30.0 Å². The predicted octanol–water partition coefficient (Wildman–Crippen LogP) is 2.74. The molecule has 0 aliphatic carbocycles. The van der Waals surface area contributed by atoms with E-state index in [0.717, 1.165) is 17.7 Å². The Morgan fingerprint density at radius 2 is 2.00 bits per heavy atom. The molecule has 2 aromatic carbocycles. The summed E-state index contributed by atoms with van der Waals surface area (Å²) < 4.78 is 24.6. The highest BCUT2D eigenvalue weighted by atomic mass is 19.1. The Morgan fingerprint density at radius 1 is 1.26 bits per heavy atom. The van der Waals surface area contributed by atoms with Gasteiger partial charge in [-0.2, -0.15) is 0 Å². The van der Waals surface area contributed by atoms with Gasteiger partial charge in [0.15, 0.2) is 5.96 Å². The van der Waals surface area contributed by atoms with Crippen LogP contribution in [-0.4, -0.2) is 56.7 Å². The molecule has 2 unspecified atom stereocenters. The van der Waals surface area contributed by atoms with Crippen LogP contribution in [0, 0.1) is 5.82 Å².